The van der Waals surface area contributed by atoms with E-state index in [1.807, 2.05) is 26.0 Å². The molecule has 6 nitrogen and oxygen atoms in total. The lowest BCUT2D eigenvalue weighted by Crippen LogP contribution is -2.42. The molecule has 1 unspecified atom stereocenters. The van der Waals surface area contributed by atoms with Crippen molar-refractivity contribution in [2.24, 2.45) is 0 Å². The maximum Gasteiger partial charge on any atom is 0.573 e. The van der Waals surface area contributed by atoms with E-state index in [0.29, 0.717) is 12.3 Å². The molecule has 1 atom stereocenters. The summed E-state index contributed by atoms with van der Waals surface area (Å²) in [6.45, 7) is 4.41. The minimum Gasteiger partial charge on any atom is -0.406 e. The Balaban J connectivity index is 1.73. The van der Waals surface area contributed by atoms with E-state index in [1.165, 1.54) is 17.0 Å². The molecule has 0 aromatic heterocycles. The SMILES string of the molecule is Cc1cccc(NC(=O)CN(CC2CCCO2)C(=O)c2ccc(OC(F)(F)F)cc2)c1C. The Morgan fingerprint density at radius 1 is 1.16 bits per heavy atom. The van der Waals surface area contributed by atoms with E-state index in [-0.39, 0.29) is 30.7 Å². The number of alkyl halides is 3. The molecule has 0 bridgehead atoms. The first-order chi connectivity index (χ1) is 15.1. The van der Waals surface area contributed by atoms with Crippen LogP contribution in [0.15, 0.2) is 42.5 Å². The normalized spacial score (nSPS) is 16.0. The number of rotatable bonds is 7. The number of benzene rings is 2. The highest BCUT2D eigenvalue weighted by atomic mass is 19.4. The van der Waals surface area contributed by atoms with Gasteiger partial charge >= 0.3 is 6.36 Å². The monoisotopic (exact) mass is 450 g/mol. The molecule has 0 saturated carbocycles. The third-order valence-corrected chi connectivity index (χ3v) is 5.28. The molecule has 172 valence electrons. The first-order valence-corrected chi connectivity index (χ1v) is 10.2. The lowest BCUT2D eigenvalue weighted by Gasteiger charge is -2.25. The Morgan fingerprint density at radius 2 is 1.88 bits per heavy atom. The van der Waals surface area contributed by atoms with Gasteiger partial charge in [0.25, 0.3) is 5.91 Å². The van der Waals surface area contributed by atoms with Gasteiger partial charge in [0.2, 0.25) is 5.91 Å². The molecule has 9 heteroatoms. The van der Waals surface area contributed by atoms with Crippen LogP contribution < -0.4 is 10.1 Å². The van der Waals surface area contributed by atoms with Crippen LogP contribution in [-0.4, -0.2) is 48.9 Å². The van der Waals surface area contributed by atoms with Gasteiger partial charge in [-0.25, -0.2) is 0 Å². The van der Waals surface area contributed by atoms with Gasteiger partial charge in [-0.3, -0.25) is 9.59 Å². The van der Waals surface area contributed by atoms with Gasteiger partial charge in [-0.2, -0.15) is 0 Å². The summed E-state index contributed by atoms with van der Waals surface area (Å²) in [5.74, 6) is -1.27. The van der Waals surface area contributed by atoms with Gasteiger partial charge in [-0.1, -0.05) is 12.1 Å². The second kappa shape index (κ2) is 10.0. The number of hydrogen-bond donors (Lipinski definition) is 1. The summed E-state index contributed by atoms with van der Waals surface area (Å²) in [6.07, 6.45) is -3.38. The highest BCUT2D eigenvalue weighted by Gasteiger charge is 2.31. The van der Waals surface area contributed by atoms with E-state index in [0.717, 1.165) is 36.1 Å². The number of nitrogens with zero attached hydrogens (tertiary/aromatic N) is 1. The zero-order valence-electron chi connectivity index (χ0n) is 17.9. The van der Waals surface area contributed by atoms with Gasteiger partial charge in [0.15, 0.2) is 0 Å². The van der Waals surface area contributed by atoms with Crippen LogP contribution in [0.25, 0.3) is 0 Å². The maximum absolute atomic E-state index is 13.1. The molecule has 0 spiro atoms. The highest BCUT2D eigenvalue weighted by Crippen LogP contribution is 2.24. The molecule has 1 aliphatic rings. The number of aryl methyl sites for hydroxylation is 1. The Hall–Kier alpha value is -3.07. The van der Waals surface area contributed by atoms with Crippen molar-refractivity contribution in [1.82, 2.24) is 4.90 Å². The molecule has 2 aromatic rings. The molecule has 1 heterocycles. The van der Waals surface area contributed by atoms with Gasteiger partial charge in [0.1, 0.15) is 12.3 Å². The van der Waals surface area contributed by atoms with Gasteiger partial charge in [-0.05, 0) is 68.1 Å². The molecular weight excluding hydrogens is 425 g/mol. The summed E-state index contributed by atoms with van der Waals surface area (Å²) in [5.41, 5.74) is 2.76. The van der Waals surface area contributed by atoms with E-state index in [2.05, 4.69) is 10.1 Å². The van der Waals surface area contributed by atoms with Crippen molar-refractivity contribution in [2.75, 3.05) is 25.0 Å². The first kappa shape index (κ1) is 23.6. The molecule has 1 saturated heterocycles. The van der Waals surface area contributed by atoms with Crippen molar-refractivity contribution in [1.29, 1.82) is 0 Å². The highest BCUT2D eigenvalue weighted by molar-refractivity contribution is 5.99. The summed E-state index contributed by atoms with van der Waals surface area (Å²) in [4.78, 5) is 27.1. The number of nitrogens with one attached hydrogen (secondary N) is 1. The van der Waals surface area contributed by atoms with Crippen LogP contribution in [-0.2, 0) is 9.53 Å². The van der Waals surface area contributed by atoms with Gasteiger partial charge in [-0.15, -0.1) is 13.2 Å². The number of hydrogen-bond acceptors (Lipinski definition) is 4. The van der Waals surface area contributed by atoms with E-state index in [9.17, 15) is 22.8 Å². The molecule has 1 N–H and O–H groups in total. The smallest absolute Gasteiger partial charge is 0.406 e. The van der Waals surface area contributed by atoms with Gasteiger partial charge < -0.3 is 19.7 Å². The van der Waals surface area contributed by atoms with E-state index >= 15 is 0 Å². The van der Waals surface area contributed by atoms with Crippen molar-refractivity contribution in [3.05, 3.63) is 59.2 Å². The van der Waals surface area contributed by atoms with Crippen LogP contribution in [0, 0.1) is 13.8 Å². The first-order valence-electron chi connectivity index (χ1n) is 10.2. The topological polar surface area (TPSA) is 67.9 Å². The lowest BCUT2D eigenvalue weighted by atomic mass is 10.1. The van der Waals surface area contributed by atoms with Gasteiger partial charge in [0, 0.05) is 24.4 Å². The molecule has 2 aromatic carbocycles. The maximum atomic E-state index is 13.1. The van der Waals surface area contributed by atoms with Crippen molar-refractivity contribution >= 4 is 17.5 Å². The third-order valence-electron chi connectivity index (χ3n) is 5.28. The van der Waals surface area contributed by atoms with Crippen molar-refractivity contribution in [3.63, 3.8) is 0 Å². The number of anilines is 1. The average molecular weight is 450 g/mol. The summed E-state index contributed by atoms with van der Waals surface area (Å²) in [7, 11) is 0. The quantitative estimate of drug-likeness (QED) is 0.676. The van der Waals surface area contributed by atoms with Crippen LogP contribution in [0.4, 0.5) is 18.9 Å². The largest absolute Gasteiger partial charge is 0.573 e. The fraction of sp³-hybridized carbons (Fsp3) is 0.391. The van der Waals surface area contributed by atoms with Crippen LogP contribution in [0.1, 0.15) is 34.3 Å². The molecule has 0 radical (unpaired) electrons. The van der Waals surface area contributed by atoms with E-state index < -0.39 is 18.0 Å². The predicted octanol–water partition coefficient (Wildman–Crippen LogP) is 4.46. The van der Waals surface area contributed by atoms with E-state index in [4.69, 9.17) is 4.74 Å². The number of amides is 2. The summed E-state index contributed by atoms with van der Waals surface area (Å²) in [6, 6.07) is 10.2. The van der Waals surface area contributed by atoms with Crippen molar-refractivity contribution in [3.8, 4) is 5.75 Å². The second-order valence-corrected chi connectivity index (χ2v) is 7.69. The Morgan fingerprint density at radius 3 is 2.50 bits per heavy atom. The molecule has 32 heavy (non-hydrogen) atoms. The minimum atomic E-state index is -4.82. The summed E-state index contributed by atoms with van der Waals surface area (Å²) < 4.78 is 46.6. The number of ether oxygens (including phenoxy) is 2. The zero-order valence-corrected chi connectivity index (χ0v) is 17.9. The second-order valence-electron chi connectivity index (χ2n) is 7.69. The summed E-state index contributed by atoms with van der Waals surface area (Å²) >= 11 is 0. The van der Waals surface area contributed by atoms with Crippen LogP contribution in [0.3, 0.4) is 0 Å². The fourth-order valence-electron chi connectivity index (χ4n) is 3.48. The van der Waals surface area contributed by atoms with Crippen molar-refractivity contribution in [2.45, 2.75) is 39.2 Å². The minimum absolute atomic E-state index is 0.150. The standard InChI is InChI=1S/C23H25F3N2O4/c1-15-5-3-7-20(16(15)2)27-21(29)14-28(13-19-6-4-12-31-19)22(30)17-8-10-18(11-9-17)32-23(24,25)26/h3,5,7-11,19H,4,6,12-14H2,1-2H3,(H,27,29). The Bertz CT molecular complexity index is 955. The fourth-order valence-corrected chi connectivity index (χ4v) is 3.48. The molecule has 1 fully saturated rings. The third kappa shape index (κ3) is 6.46. The van der Waals surface area contributed by atoms with Crippen LogP contribution in [0.2, 0.25) is 0 Å². The number of carbonyl (C=O) groups is 2. The lowest BCUT2D eigenvalue weighted by molar-refractivity contribution is -0.274. The van der Waals surface area contributed by atoms with Crippen LogP contribution in [0.5, 0.6) is 5.75 Å². The Kier molecular flexibility index (Phi) is 7.40. The number of carbonyl (C=O) groups excluding carboxylic acids is 2. The summed E-state index contributed by atoms with van der Waals surface area (Å²) in [5, 5.41) is 2.83. The molecule has 3 rings (SSSR count). The van der Waals surface area contributed by atoms with Gasteiger partial charge in [0.05, 0.1) is 6.10 Å². The molecule has 1 aliphatic heterocycles. The average Bonchev–Trinajstić information content (AvgIpc) is 3.23. The molecule has 0 aliphatic carbocycles. The predicted molar refractivity (Wildman–Crippen MR) is 113 cm³/mol. The Labute approximate surface area is 184 Å². The van der Waals surface area contributed by atoms with Crippen molar-refractivity contribution < 1.29 is 32.2 Å². The molecular formula is C23H25F3N2O4. The number of halogens is 3. The molecule has 2 amide bonds. The van der Waals surface area contributed by atoms with Crippen LogP contribution >= 0.6 is 0 Å². The zero-order chi connectivity index (χ0) is 23.3. The van der Waals surface area contributed by atoms with E-state index in [1.54, 1.807) is 6.07 Å².